The van der Waals surface area contributed by atoms with E-state index in [9.17, 15) is 9.59 Å². The molecule has 0 aliphatic rings. The molecule has 2 amide bonds. The van der Waals surface area contributed by atoms with E-state index in [0.29, 0.717) is 0 Å². The monoisotopic (exact) mass is 314 g/mol. The Kier molecular flexibility index (Phi) is 12.5. The largest absolute Gasteiger partial charge is 0.449 e. The van der Waals surface area contributed by atoms with E-state index < -0.39 is 43.5 Å². The molecular formula is C10H22N2O9. The minimum absolute atomic E-state index is 0.0394. The van der Waals surface area contributed by atoms with Crippen LogP contribution >= 0.6 is 0 Å². The fourth-order valence-electron chi connectivity index (χ4n) is 0.710. The predicted octanol–water partition coefficient (Wildman–Crippen LogP) is -3.52. The molecule has 0 aliphatic heterocycles. The van der Waals surface area contributed by atoms with Crippen LogP contribution in [0, 0.1) is 5.92 Å². The van der Waals surface area contributed by atoms with E-state index in [2.05, 4.69) is 20.9 Å². The van der Waals surface area contributed by atoms with Crippen molar-refractivity contribution in [2.45, 2.75) is 5.60 Å². The van der Waals surface area contributed by atoms with Crippen molar-refractivity contribution in [1.29, 1.82) is 0 Å². The van der Waals surface area contributed by atoms with Gasteiger partial charge in [0.1, 0.15) is 18.8 Å². The summed E-state index contributed by atoms with van der Waals surface area (Å²) in [6, 6.07) is 0. The van der Waals surface area contributed by atoms with Crippen molar-refractivity contribution < 1.29 is 44.6 Å². The van der Waals surface area contributed by atoms with Gasteiger partial charge in [0.2, 0.25) is 0 Å². The maximum Gasteiger partial charge on any atom is 0.404 e. The average molecular weight is 314 g/mol. The van der Waals surface area contributed by atoms with Gasteiger partial charge < -0.3 is 46.5 Å². The van der Waals surface area contributed by atoms with E-state index in [1.165, 1.54) is 0 Å². The number of nitrogens with two attached hydrogens (primary N) is 2. The molecule has 11 nitrogen and oxygen atoms in total. The fourth-order valence-corrected chi connectivity index (χ4v) is 0.710. The van der Waals surface area contributed by atoms with E-state index in [-0.39, 0.29) is 19.8 Å². The molecule has 9 N–H and O–H groups in total. The highest BCUT2D eigenvalue weighted by molar-refractivity contribution is 5.64. The number of aliphatic hydroxyl groups excluding tert-OH is 4. The van der Waals surface area contributed by atoms with Crippen molar-refractivity contribution in [3.8, 4) is 0 Å². The van der Waals surface area contributed by atoms with Gasteiger partial charge in [-0.3, -0.25) is 0 Å². The summed E-state index contributed by atoms with van der Waals surface area (Å²) >= 11 is 0. The average Bonchev–Trinajstić information content (AvgIpc) is 2.46. The summed E-state index contributed by atoms with van der Waals surface area (Å²) in [5.74, 6) is -0.424. The number of carbonyl (C=O) groups excluding carboxylic acids is 2. The second kappa shape index (κ2) is 12.1. The van der Waals surface area contributed by atoms with Crippen LogP contribution in [0.1, 0.15) is 0 Å². The number of aliphatic hydroxyl groups is 5. The number of rotatable bonds is 8. The highest BCUT2D eigenvalue weighted by atomic mass is 16.6. The molecule has 0 aromatic heterocycles. The molecule has 0 saturated heterocycles. The summed E-state index contributed by atoms with van der Waals surface area (Å²) in [7, 11) is 0. The van der Waals surface area contributed by atoms with Gasteiger partial charge in [-0.2, -0.15) is 0 Å². The normalized spacial score (nSPS) is 10.6. The van der Waals surface area contributed by atoms with Gasteiger partial charge in [-0.05, 0) is 0 Å². The zero-order valence-corrected chi connectivity index (χ0v) is 11.3. The van der Waals surface area contributed by atoms with Gasteiger partial charge in [-0.15, -0.1) is 0 Å². The molecule has 126 valence electrons. The number of carbonyl (C=O) groups is 2. The Balaban J connectivity index is 0. The van der Waals surface area contributed by atoms with Gasteiger partial charge in [-0.25, -0.2) is 9.59 Å². The topological polar surface area (TPSA) is 206 Å². The Labute approximate surface area is 120 Å². The van der Waals surface area contributed by atoms with Crippen molar-refractivity contribution in [2.75, 3.05) is 39.6 Å². The number of ether oxygens (including phenoxy) is 2. The summed E-state index contributed by atoms with van der Waals surface area (Å²) in [4.78, 5) is 20.0. The van der Waals surface area contributed by atoms with Crippen LogP contribution in [0.3, 0.4) is 0 Å². The molecule has 11 heteroatoms. The first-order valence-electron chi connectivity index (χ1n) is 5.75. The molecule has 0 bridgehead atoms. The van der Waals surface area contributed by atoms with Gasteiger partial charge in [-0.1, -0.05) is 0 Å². The SMILES string of the molecule is NC(=O)OCC(CO)CO.NC(=O)OCC(O)(CO)CO. The molecule has 0 aromatic carbocycles. The first kappa shape index (κ1) is 21.6. The molecule has 21 heavy (non-hydrogen) atoms. The zero-order valence-electron chi connectivity index (χ0n) is 11.3. The Morgan fingerprint density at radius 3 is 1.67 bits per heavy atom. The summed E-state index contributed by atoms with van der Waals surface area (Å²) in [6.07, 6.45) is -1.96. The Hall–Kier alpha value is -1.66. The van der Waals surface area contributed by atoms with Crippen molar-refractivity contribution in [2.24, 2.45) is 17.4 Å². The van der Waals surface area contributed by atoms with Crippen molar-refractivity contribution in [3.63, 3.8) is 0 Å². The highest BCUT2D eigenvalue weighted by Crippen LogP contribution is 2.01. The van der Waals surface area contributed by atoms with Crippen molar-refractivity contribution in [3.05, 3.63) is 0 Å². The summed E-state index contributed by atoms with van der Waals surface area (Å²) < 4.78 is 8.46. The molecule has 0 heterocycles. The Bertz CT molecular complexity index is 292. The van der Waals surface area contributed by atoms with Gasteiger partial charge in [0.25, 0.3) is 0 Å². The molecular weight excluding hydrogens is 292 g/mol. The highest BCUT2D eigenvalue weighted by Gasteiger charge is 2.26. The smallest absolute Gasteiger partial charge is 0.404 e. The molecule has 0 radical (unpaired) electrons. The number of hydrogen-bond acceptors (Lipinski definition) is 9. The predicted molar refractivity (Wildman–Crippen MR) is 67.9 cm³/mol. The van der Waals surface area contributed by atoms with Gasteiger partial charge in [0, 0.05) is 5.92 Å². The third-order valence-electron chi connectivity index (χ3n) is 2.05. The molecule has 0 aliphatic carbocycles. The van der Waals surface area contributed by atoms with E-state index in [1.807, 2.05) is 0 Å². The zero-order chi connectivity index (χ0) is 16.9. The number of amides is 2. The molecule has 0 saturated carbocycles. The minimum atomic E-state index is -1.80. The van der Waals surface area contributed by atoms with Gasteiger partial charge >= 0.3 is 12.2 Å². The lowest BCUT2D eigenvalue weighted by Crippen LogP contribution is -2.43. The van der Waals surface area contributed by atoms with Gasteiger partial charge in [0.05, 0.1) is 26.4 Å². The summed E-state index contributed by atoms with van der Waals surface area (Å²) in [6.45, 7) is -2.39. The first-order chi connectivity index (χ1) is 9.74. The third-order valence-corrected chi connectivity index (χ3v) is 2.05. The fraction of sp³-hybridized carbons (Fsp3) is 0.800. The van der Waals surface area contributed by atoms with Crippen LogP contribution in [-0.2, 0) is 9.47 Å². The first-order valence-corrected chi connectivity index (χ1v) is 5.75. The third kappa shape index (κ3) is 13.1. The standard InChI is InChI=1S/C5H11NO5.C5H11NO4/c6-4(9)11-3-5(10,1-7)2-8;6-5(9)10-3-4(1-7)2-8/h7-8,10H,1-3H2,(H2,6,9);4,7-8H,1-3H2,(H2,6,9). The van der Waals surface area contributed by atoms with Crippen LogP contribution < -0.4 is 11.5 Å². The molecule has 0 rings (SSSR count). The number of primary amides is 2. The molecule has 0 spiro atoms. The van der Waals surface area contributed by atoms with Crippen LogP contribution in [0.2, 0.25) is 0 Å². The maximum absolute atomic E-state index is 10.0. The molecule has 0 atom stereocenters. The van der Waals surface area contributed by atoms with Crippen LogP contribution in [0.4, 0.5) is 9.59 Å². The lowest BCUT2D eigenvalue weighted by molar-refractivity contribution is -0.0880. The van der Waals surface area contributed by atoms with E-state index in [4.69, 9.17) is 25.5 Å². The maximum atomic E-state index is 10.0. The second-order valence-electron chi connectivity index (χ2n) is 4.01. The quantitative estimate of drug-likeness (QED) is 0.236. The number of hydrogen-bond donors (Lipinski definition) is 7. The van der Waals surface area contributed by atoms with Crippen LogP contribution in [-0.4, -0.2) is 83.0 Å². The molecule has 0 unspecified atom stereocenters. The van der Waals surface area contributed by atoms with Crippen LogP contribution in [0.15, 0.2) is 0 Å². The lowest BCUT2D eigenvalue weighted by atomic mass is 10.1. The van der Waals surface area contributed by atoms with Gasteiger partial charge in [0.15, 0.2) is 0 Å². The van der Waals surface area contributed by atoms with Crippen molar-refractivity contribution >= 4 is 12.2 Å². The van der Waals surface area contributed by atoms with Crippen molar-refractivity contribution in [1.82, 2.24) is 0 Å². The lowest BCUT2D eigenvalue weighted by Gasteiger charge is -2.21. The Morgan fingerprint density at radius 2 is 1.38 bits per heavy atom. The second-order valence-corrected chi connectivity index (χ2v) is 4.01. The summed E-state index contributed by atoms with van der Waals surface area (Å²) in [5, 5.41) is 42.9. The molecule has 0 fully saturated rings. The van der Waals surface area contributed by atoms with E-state index >= 15 is 0 Å². The van der Waals surface area contributed by atoms with E-state index in [1.54, 1.807) is 0 Å². The van der Waals surface area contributed by atoms with E-state index in [0.717, 1.165) is 0 Å². The summed E-state index contributed by atoms with van der Waals surface area (Å²) in [5.41, 5.74) is 7.40. The molecule has 0 aromatic rings. The Morgan fingerprint density at radius 1 is 0.952 bits per heavy atom. The van der Waals surface area contributed by atoms with Crippen LogP contribution in [0.5, 0.6) is 0 Å². The van der Waals surface area contributed by atoms with Crippen LogP contribution in [0.25, 0.3) is 0 Å². The minimum Gasteiger partial charge on any atom is -0.449 e.